The second-order valence-corrected chi connectivity index (χ2v) is 12.0. The molecule has 1 saturated carbocycles. The van der Waals surface area contributed by atoms with Gasteiger partial charge in [0.25, 0.3) is 5.91 Å². The number of amides is 1. The number of methoxy groups -OCH3 is 1. The highest BCUT2D eigenvalue weighted by Gasteiger charge is 2.33. The zero-order valence-corrected chi connectivity index (χ0v) is 24.2. The van der Waals surface area contributed by atoms with Crippen LogP contribution in [0.4, 0.5) is 0 Å². The maximum Gasteiger partial charge on any atom is 0.266 e. The van der Waals surface area contributed by atoms with E-state index in [4.69, 9.17) is 27.9 Å². The second kappa shape index (κ2) is 11.7. The van der Waals surface area contributed by atoms with Crippen LogP contribution in [-0.2, 0) is 6.54 Å². The molecule has 0 N–H and O–H groups in total. The predicted molar refractivity (Wildman–Crippen MR) is 160 cm³/mol. The molecule has 7 heteroatoms. The number of ether oxygens (including phenoxy) is 1. The summed E-state index contributed by atoms with van der Waals surface area (Å²) in [6, 6.07) is 22.6. The molecule has 0 aliphatic heterocycles. The second-order valence-electron chi connectivity index (χ2n) is 10.1. The predicted octanol–water partition coefficient (Wildman–Crippen LogP) is 8.40. The Labute approximate surface area is 238 Å². The van der Waals surface area contributed by atoms with E-state index in [-0.39, 0.29) is 11.9 Å². The van der Waals surface area contributed by atoms with Crippen molar-refractivity contribution in [3.8, 4) is 16.9 Å². The standard InChI is InChI=1S/C31H32Cl2N2O2S/c1-34(2)24-13-15-25(16-14-24)35(31(36)30-29(33)26-6-4-5-7-28(26)38-30)19-22-18-21(10-17-27(22)37-3)20-8-11-23(32)12-9-20/h4-12,17-18,24-25H,13-16,19H2,1-3H3/t24-,25-. The molecule has 198 valence electrons. The van der Waals surface area contributed by atoms with Crippen molar-refractivity contribution in [2.75, 3.05) is 21.2 Å². The van der Waals surface area contributed by atoms with E-state index in [2.05, 4.69) is 25.1 Å². The van der Waals surface area contributed by atoms with E-state index in [0.29, 0.717) is 27.5 Å². The van der Waals surface area contributed by atoms with Crippen molar-refractivity contribution in [3.05, 3.63) is 87.2 Å². The number of hydrogen-bond acceptors (Lipinski definition) is 4. The molecule has 0 atom stereocenters. The van der Waals surface area contributed by atoms with Crippen LogP contribution in [0.25, 0.3) is 21.2 Å². The van der Waals surface area contributed by atoms with E-state index in [9.17, 15) is 4.79 Å². The number of carbonyl (C=O) groups excluding carboxylic acids is 1. The Morgan fingerprint density at radius 3 is 2.24 bits per heavy atom. The summed E-state index contributed by atoms with van der Waals surface area (Å²) in [6.07, 6.45) is 4.03. The SMILES string of the molecule is COc1ccc(-c2ccc(Cl)cc2)cc1CN(C(=O)c1sc2ccccc2c1Cl)[C@H]1CC[C@H](N(C)C)CC1. The van der Waals surface area contributed by atoms with Crippen molar-refractivity contribution in [2.24, 2.45) is 0 Å². The highest BCUT2D eigenvalue weighted by molar-refractivity contribution is 7.21. The van der Waals surface area contributed by atoms with E-state index in [1.807, 2.05) is 65.6 Å². The Bertz CT molecular complexity index is 1430. The van der Waals surface area contributed by atoms with Crippen molar-refractivity contribution < 1.29 is 9.53 Å². The monoisotopic (exact) mass is 566 g/mol. The van der Waals surface area contributed by atoms with E-state index < -0.39 is 0 Å². The lowest BCUT2D eigenvalue weighted by molar-refractivity contribution is 0.0573. The van der Waals surface area contributed by atoms with Crippen LogP contribution in [-0.4, -0.2) is 49.0 Å². The number of nitrogens with zero attached hydrogens (tertiary/aromatic N) is 2. The summed E-state index contributed by atoms with van der Waals surface area (Å²) in [4.78, 5) is 19.2. The first-order valence-electron chi connectivity index (χ1n) is 12.9. The molecule has 4 nitrogen and oxygen atoms in total. The summed E-state index contributed by atoms with van der Waals surface area (Å²) in [5, 5.41) is 2.18. The molecule has 1 aromatic heterocycles. The maximum absolute atomic E-state index is 14.2. The summed E-state index contributed by atoms with van der Waals surface area (Å²) >= 11 is 14.4. The van der Waals surface area contributed by atoms with E-state index >= 15 is 0 Å². The van der Waals surface area contributed by atoms with E-state index in [1.165, 1.54) is 11.3 Å². The van der Waals surface area contributed by atoms with Crippen molar-refractivity contribution in [3.63, 3.8) is 0 Å². The first kappa shape index (κ1) is 27.0. The van der Waals surface area contributed by atoms with Gasteiger partial charge < -0.3 is 14.5 Å². The van der Waals surface area contributed by atoms with Crippen LogP contribution in [0.1, 0.15) is 40.9 Å². The number of hydrogen-bond donors (Lipinski definition) is 0. The fraction of sp³-hybridized carbons (Fsp3) is 0.323. The molecule has 4 aromatic rings. The molecule has 0 saturated heterocycles. The fourth-order valence-corrected chi connectivity index (χ4v) is 7.04. The number of rotatable bonds is 7. The molecule has 3 aromatic carbocycles. The summed E-state index contributed by atoms with van der Waals surface area (Å²) in [5.41, 5.74) is 3.09. The Morgan fingerprint density at radius 1 is 0.921 bits per heavy atom. The number of carbonyl (C=O) groups is 1. The highest BCUT2D eigenvalue weighted by atomic mass is 35.5. The molecule has 1 heterocycles. The number of fused-ring (bicyclic) bond motifs is 1. The third-order valence-corrected chi connectivity index (χ3v) is 9.54. The first-order valence-corrected chi connectivity index (χ1v) is 14.5. The van der Waals surface area contributed by atoms with E-state index in [0.717, 1.165) is 58.2 Å². The molecular formula is C31H32Cl2N2O2S. The van der Waals surface area contributed by atoms with Gasteiger partial charge in [0.2, 0.25) is 0 Å². The van der Waals surface area contributed by atoms with Gasteiger partial charge in [-0.05, 0) is 81.2 Å². The topological polar surface area (TPSA) is 32.8 Å². The van der Waals surface area contributed by atoms with Crippen molar-refractivity contribution in [2.45, 2.75) is 44.3 Å². The van der Waals surface area contributed by atoms with Crippen LogP contribution in [0.3, 0.4) is 0 Å². The van der Waals surface area contributed by atoms with Crippen LogP contribution in [0.15, 0.2) is 66.7 Å². The summed E-state index contributed by atoms with van der Waals surface area (Å²) < 4.78 is 6.79. The third kappa shape index (κ3) is 5.57. The number of halogens is 2. The van der Waals surface area contributed by atoms with Gasteiger partial charge in [-0.2, -0.15) is 0 Å². The highest BCUT2D eigenvalue weighted by Crippen LogP contribution is 2.38. The average Bonchev–Trinajstić information content (AvgIpc) is 3.28. The largest absolute Gasteiger partial charge is 0.496 e. The smallest absolute Gasteiger partial charge is 0.266 e. The van der Waals surface area contributed by atoms with Gasteiger partial charge in [0, 0.05) is 39.3 Å². The van der Waals surface area contributed by atoms with Gasteiger partial charge >= 0.3 is 0 Å². The van der Waals surface area contributed by atoms with Crippen molar-refractivity contribution >= 4 is 50.5 Å². The lowest BCUT2D eigenvalue weighted by Gasteiger charge is -2.39. The van der Waals surface area contributed by atoms with Gasteiger partial charge in [-0.25, -0.2) is 0 Å². The molecule has 0 unspecified atom stereocenters. The molecule has 1 aliphatic rings. The summed E-state index contributed by atoms with van der Waals surface area (Å²) in [5.74, 6) is 0.758. The fourth-order valence-electron chi connectivity index (χ4n) is 5.44. The summed E-state index contributed by atoms with van der Waals surface area (Å²) in [7, 11) is 5.95. The van der Waals surface area contributed by atoms with Crippen LogP contribution in [0.2, 0.25) is 10.0 Å². The van der Waals surface area contributed by atoms with Crippen LogP contribution < -0.4 is 4.74 Å². The van der Waals surface area contributed by atoms with Gasteiger partial charge in [0.15, 0.2) is 0 Å². The average molecular weight is 568 g/mol. The lowest BCUT2D eigenvalue weighted by Crippen LogP contribution is -2.44. The zero-order chi connectivity index (χ0) is 26.8. The molecule has 5 rings (SSSR count). The Kier molecular flexibility index (Phi) is 8.29. The summed E-state index contributed by atoms with van der Waals surface area (Å²) in [6.45, 7) is 0.450. The van der Waals surface area contributed by atoms with Gasteiger partial charge in [-0.3, -0.25) is 4.79 Å². The number of thiophene rings is 1. The minimum Gasteiger partial charge on any atom is -0.496 e. The van der Waals surface area contributed by atoms with Crippen molar-refractivity contribution in [1.29, 1.82) is 0 Å². The van der Waals surface area contributed by atoms with Gasteiger partial charge in [-0.15, -0.1) is 11.3 Å². The molecule has 0 bridgehead atoms. The molecule has 1 aliphatic carbocycles. The Balaban J connectivity index is 1.52. The molecule has 1 fully saturated rings. The quantitative estimate of drug-likeness (QED) is 0.225. The maximum atomic E-state index is 14.2. The minimum atomic E-state index is -0.0107. The van der Waals surface area contributed by atoms with Gasteiger partial charge in [0.05, 0.1) is 12.1 Å². The zero-order valence-electron chi connectivity index (χ0n) is 21.9. The Hall–Kier alpha value is -2.57. The van der Waals surface area contributed by atoms with Crippen LogP contribution >= 0.6 is 34.5 Å². The first-order chi connectivity index (χ1) is 18.4. The van der Waals surface area contributed by atoms with Gasteiger partial charge in [0.1, 0.15) is 10.6 Å². The third-order valence-electron chi connectivity index (χ3n) is 7.63. The molecule has 1 amide bonds. The normalized spacial score (nSPS) is 17.6. The van der Waals surface area contributed by atoms with Gasteiger partial charge in [-0.1, -0.05) is 59.6 Å². The number of benzene rings is 3. The molecule has 38 heavy (non-hydrogen) atoms. The van der Waals surface area contributed by atoms with Crippen LogP contribution in [0.5, 0.6) is 5.75 Å². The minimum absolute atomic E-state index is 0.0107. The molecule has 0 spiro atoms. The lowest BCUT2D eigenvalue weighted by atomic mass is 9.89. The Morgan fingerprint density at radius 2 is 1.58 bits per heavy atom. The van der Waals surface area contributed by atoms with Crippen molar-refractivity contribution in [1.82, 2.24) is 9.80 Å². The van der Waals surface area contributed by atoms with Crippen LogP contribution in [0, 0.1) is 0 Å². The van der Waals surface area contributed by atoms with E-state index in [1.54, 1.807) is 7.11 Å². The molecular weight excluding hydrogens is 535 g/mol. The molecule has 0 radical (unpaired) electrons.